The minimum Gasteiger partial charge on any atom is -0.399 e. The lowest BCUT2D eigenvalue weighted by Gasteiger charge is -2.63. The van der Waals surface area contributed by atoms with Crippen LogP contribution in [0.25, 0.3) is 0 Å². The van der Waals surface area contributed by atoms with E-state index in [1.54, 1.807) is 6.92 Å². The number of hydrogen-bond donors (Lipinski definition) is 2. The van der Waals surface area contributed by atoms with Crippen LogP contribution in [0.5, 0.6) is 0 Å². The van der Waals surface area contributed by atoms with Gasteiger partial charge >= 0.3 is 0 Å². The highest BCUT2D eigenvalue weighted by Crippen LogP contribution is 2.73. The fraction of sp³-hybridized carbons (Fsp3) is 0.486. The summed E-state index contributed by atoms with van der Waals surface area (Å²) >= 11 is 0.472. The molecule has 238 valence electrons. The molecule has 1 saturated heterocycles. The van der Waals surface area contributed by atoms with Crippen LogP contribution in [0, 0.1) is 22.7 Å². The molecule has 10 atom stereocenters. The fourth-order valence-electron chi connectivity index (χ4n) is 9.33. The first kappa shape index (κ1) is 30.7. The van der Waals surface area contributed by atoms with E-state index < -0.39 is 75.5 Å². The summed E-state index contributed by atoms with van der Waals surface area (Å²) in [5, 5.41) is 11.1. The predicted molar refractivity (Wildman–Crippen MR) is 164 cm³/mol. The Hall–Kier alpha value is -2.92. The number of nitrogens with two attached hydrogens (primary N) is 1. The Labute approximate surface area is 264 Å². The summed E-state index contributed by atoms with van der Waals surface area (Å²) in [5.74, 6) is -2.05. The molecule has 3 saturated carbocycles. The van der Waals surface area contributed by atoms with Gasteiger partial charge in [0.2, 0.25) is 5.12 Å². The SMILES string of the molecule is C[C@]12C=CC(=O)C=C1[C@@H](F)C[C@H]1[C@@H]3C[C@H]4O[C@@H](c5ccc(Cc6cccc(N)c6)cc5)O[C@@]4(C(=O)SCF)[C@@]3(C)CC(O)[C@@]12F. The molecule has 10 heteroatoms. The summed E-state index contributed by atoms with van der Waals surface area (Å²) < 4.78 is 60.2. The third-order valence-corrected chi connectivity index (χ3v) is 12.1. The maximum atomic E-state index is 17.6. The molecule has 0 radical (unpaired) electrons. The lowest BCUT2D eigenvalue weighted by Crippen LogP contribution is -2.70. The standard InChI is InChI=1S/C35H36F3NO5S/c1-32-11-10-23(40)14-26(32)27(37)15-25-24-16-29-35(31(42)45-18-36,33(24,2)17-28(41)34(25,32)38)44-30(43-29)21-8-6-19(7-9-21)12-20-4-3-5-22(39)13-20/h3-11,13-14,24-25,27-30,41H,12,15-18,39H2,1-2H3/t24-,25-,27-,28?,29+,30+,32-,33-,34-,35-/m0/s1. The van der Waals surface area contributed by atoms with E-state index in [2.05, 4.69) is 0 Å². The zero-order valence-electron chi connectivity index (χ0n) is 25.1. The zero-order chi connectivity index (χ0) is 31.9. The summed E-state index contributed by atoms with van der Waals surface area (Å²) in [6.07, 6.45) is -0.903. The molecule has 3 N–H and O–H groups in total. The first-order valence-corrected chi connectivity index (χ1v) is 16.3. The lowest BCUT2D eigenvalue weighted by molar-refractivity contribution is -0.232. The maximum absolute atomic E-state index is 17.6. The van der Waals surface area contributed by atoms with Gasteiger partial charge in [-0.15, -0.1) is 0 Å². The van der Waals surface area contributed by atoms with E-state index in [9.17, 15) is 19.1 Å². The quantitative estimate of drug-likeness (QED) is 0.380. The van der Waals surface area contributed by atoms with E-state index in [1.165, 1.54) is 19.1 Å². The van der Waals surface area contributed by atoms with Crippen molar-refractivity contribution in [2.75, 3.05) is 11.7 Å². The Morgan fingerprint density at radius 3 is 2.58 bits per heavy atom. The Morgan fingerprint density at radius 1 is 1.11 bits per heavy atom. The number of ether oxygens (including phenoxy) is 2. The van der Waals surface area contributed by atoms with Crippen molar-refractivity contribution in [3.8, 4) is 0 Å². The number of allylic oxidation sites excluding steroid dienone is 4. The third kappa shape index (κ3) is 4.21. The number of carbonyl (C=O) groups is 2. The van der Waals surface area contributed by atoms with Crippen molar-refractivity contribution in [1.29, 1.82) is 0 Å². The van der Waals surface area contributed by atoms with E-state index in [-0.39, 0.29) is 24.8 Å². The van der Waals surface area contributed by atoms with Gasteiger partial charge in [0.05, 0.1) is 12.2 Å². The number of hydrogen-bond acceptors (Lipinski definition) is 7. The number of ketones is 1. The first-order chi connectivity index (χ1) is 21.4. The minimum atomic E-state index is -2.31. The predicted octanol–water partition coefficient (Wildman–Crippen LogP) is 6.13. The van der Waals surface area contributed by atoms with Gasteiger partial charge in [0.1, 0.15) is 12.2 Å². The summed E-state index contributed by atoms with van der Waals surface area (Å²) in [7, 11) is 0. The molecule has 1 heterocycles. The minimum absolute atomic E-state index is 0.0279. The Morgan fingerprint density at radius 2 is 1.87 bits per heavy atom. The second-order valence-corrected chi connectivity index (χ2v) is 14.5. The number of fused-ring (bicyclic) bond motifs is 7. The van der Waals surface area contributed by atoms with Gasteiger partial charge in [-0.2, -0.15) is 0 Å². The molecule has 6 nitrogen and oxygen atoms in total. The molecular formula is C35H36F3NO5S. The van der Waals surface area contributed by atoms with Gasteiger partial charge in [0.15, 0.2) is 23.3 Å². The summed E-state index contributed by atoms with van der Waals surface area (Å²) in [6.45, 7) is 3.29. The molecule has 45 heavy (non-hydrogen) atoms. The Balaban J connectivity index is 1.22. The Kier molecular flexibility index (Phi) is 7.20. The number of rotatable bonds is 5. The molecule has 0 bridgehead atoms. The summed E-state index contributed by atoms with van der Waals surface area (Å²) in [6, 6.07) is 14.2. The van der Waals surface area contributed by atoms with Crippen LogP contribution in [0.1, 0.15) is 56.1 Å². The van der Waals surface area contributed by atoms with Crippen LogP contribution in [0.4, 0.5) is 18.9 Å². The van der Waals surface area contributed by atoms with E-state index >= 15 is 8.78 Å². The van der Waals surface area contributed by atoms with Gasteiger partial charge in [-0.3, -0.25) is 9.59 Å². The second kappa shape index (κ2) is 10.6. The van der Waals surface area contributed by atoms with Crippen molar-refractivity contribution in [3.63, 3.8) is 0 Å². The van der Waals surface area contributed by atoms with Gasteiger partial charge in [0, 0.05) is 28.0 Å². The van der Waals surface area contributed by atoms with Gasteiger partial charge < -0.3 is 20.3 Å². The molecule has 4 fully saturated rings. The van der Waals surface area contributed by atoms with E-state index in [0.29, 0.717) is 29.4 Å². The average Bonchev–Trinajstić information content (AvgIpc) is 3.50. The van der Waals surface area contributed by atoms with Crippen LogP contribution >= 0.6 is 11.8 Å². The molecule has 5 aliphatic rings. The van der Waals surface area contributed by atoms with Crippen LogP contribution in [-0.4, -0.2) is 51.7 Å². The lowest BCUT2D eigenvalue weighted by atomic mass is 9.44. The second-order valence-electron chi connectivity index (χ2n) is 13.6. The highest BCUT2D eigenvalue weighted by Gasteiger charge is 2.80. The van der Waals surface area contributed by atoms with Gasteiger partial charge in [-0.1, -0.05) is 61.2 Å². The molecule has 0 spiro atoms. The number of alkyl halides is 3. The van der Waals surface area contributed by atoms with Crippen molar-refractivity contribution < 1.29 is 37.3 Å². The van der Waals surface area contributed by atoms with Crippen LogP contribution in [-0.2, 0) is 25.5 Å². The van der Waals surface area contributed by atoms with Crippen LogP contribution in [0.3, 0.4) is 0 Å². The number of nitrogen functional groups attached to an aromatic ring is 1. The largest absolute Gasteiger partial charge is 0.399 e. The van der Waals surface area contributed by atoms with Crippen LogP contribution < -0.4 is 5.73 Å². The van der Waals surface area contributed by atoms with Gasteiger partial charge in [0.25, 0.3) is 0 Å². The van der Waals surface area contributed by atoms with Gasteiger partial charge in [-0.25, -0.2) is 13.2 Å². The third-order valence-electron chi connectivity index (χ3n) is 11.5. The van der Waals surface area contributed by atoms with Crippen molar-refractivity contribution in [2.24, 2.45) is 22.7 Å². The van der Waals surface area contributed by atoms with Gasteiger partial charge in [-0.05, 0) is 79.5 Å². The van der Waals surface area contributed by atoms with E-state index in [1.807, 2.05) is 48.5 Å². The monoisotopic (exact) mass is 639 g/mol. The number of halogens is 3. The van der Waals surface area contributed by atoms with Crippen molar-refractivity contribution >= 4 is 28.3 Å². The Bertz CT molecular complexity index is 1620. The average molecular weight is 640 g/mol. The molecule has 7 rings (SSSR count). The molecular weight excluding hydrogens is 603 g/mol. The van der Waals surface area contributed by atoms with Crippen molar-refractivity contribution in [1.82, 2.24) is 0 Å². The van der Waals surface area contributed by atoms with Crippen LogP contribution in [0.2, 0.25) is 0 Å². The maximum Gasteiger partial charge on any atom is 0.226 e. The molecule has 0 aromatic heterocycles. The summed E-state index contributed by atoms with van der Waals surface area (Å²) in [5.41, 5.74) is 2.64. The zero-order valence-corrected chi connectivity index (χ0v) is 25.9. The molecule has 2 aromatic rings. The highest BCUT2D eigenvalue weighted by atomic mass is 32.2. The topological polar surface area (TPSA) is 98.9 Å². The number of carbonyl (C=O) groups excluding carboxylic acids is 2. The number of aliphatic hydroxyl groups is 1. The summed E-state index contributed by atoms with van der Waals surface area (Å²) in [4.78, 5) is 26.0. The van der Waals surface area contributed by atoms with Crippen LogP contribution in [0.15, 0.2) is 72.3 Å². The smallest absolute Gasteiger partial charge is 0.226 e. The molecule has 0 amide bonds. The normalized spacial score (nSPS) is 41.6. The molecule has 4 aliphatic carbocycles. The molecule has 1 aliphatic heterocycles. The van der Waals surface area contributed by atoms with E-state index in [0.717, 1.165) is 17.2 Å². The molecule has 2 aromatic carbocycles. The fourth-order valence-corrected chi connectivity index (χ4v) is 10.1. The first-order valence-electron chi connectivity index (χ1n) is 15.3. The van der Waals surface area contributed by atoms with Crippen molar-refractivity contribution in [3.05, 3.63) is 89.0 Å². The highest BCUT2D eigenvalue weighted by molar-refractivity contribution is 8.13. The number of aliphatic hydroxyl groups excluding tert-OH is 1. The number of benzene rings is 2. The van der Waals surface area contributed by atoms with Crippen molar-refractivity contribution in [2.45, 2.75) is 75.5 Å². The number of anilines is 1. The number of thioether (sulfide) groups is 1. The molecule has 1 unspecified atom stereocenters. The van der Waals surface area contributed by atoms with E-state index in [4.69, 9.17) is 15.2 Å².